The Labute approximate surface area is 129 Å². The predicted molar refractivity (Wildman–Crippen MR) is 90.7 cm³/mol. The van der Waals surface area contributed by atoms with Crippen molar-refractivity contribution < 1.29 is 0 Å². The molecular weight excluding hydrogens is 276 g/mol. The molecule has 0 aliphatic heterocycles. The molecule has 106 valence electrons. The van der Waals surface area contributed by atoms with Crippen LogP contribution in [0, 0.1) is 13.8 Å². The van der Waals surface area contributed by atoms with E-state index in [1.165, 1.54) is 16.7 Å². The summed E-state index contributed by atoms with van der Waals surface area (Å²) in [5.41, 5.74) is 12.6. The standard InChI is InChI=1S/C18H18N2S/c1-12-3-4-13(2)15(9-12)10-18-20-17(11-21-18)14-5-7-16(19)8-6-14/h3-9,11H,10,19H2,1-2H3. The van der Waals surface area contributed by atoms with Gasteiger partial charge in [0, 0.05) is 23.1 Å². The summed E-state index contributed by atoms with van der Waals surface area (Å²) in [6.45, 7) is 4.29. The molecule has 3 heteroatoms. The molecule has 0 saturated carbocycles. The van der Waals surface area contributed by atoms with Crippen molar-refractivity contribution in [3.63, 3.8) is 0 Å². The molecule has 0 atom stereocenters. The summed E-state index contributed by atoms with van der Waals surface area (Å²) in [5.74, 6) is 0. The number of nitrogens with zero attached hydrogens (tertiary/aromatic N) is 1. The van der Waals surface area contributed by atoms with Gasteiger partial charge < -0.3 is 5.73 Å². The molecule has 2 N–H and O–H groups in total. The fourth-order valence-electron chi connectivity index (χ4n) is 2.33. The summed E-state index contributed by atoms with van der Waals surface area (Å²) in [4.78, 5) is 4.75. The number of thiazole rings is 1. The van der Waals surface area contributed by atoms with Crippen molar-refractivity contribution >= 4 is 17.0 Å². The molecule has 0 unspecified atom stereocenters. The third kappa shape index (κ3) is 3.14. The van der Waals surface area contributed by atoms with Gasteiger partial charge in [-0.05, 0) is 37.1 Å². The Morgan fingerprint density at radius 2 is 1.81 bits per heavy atom. The highest BCUT2D eigenvalue weighted by Crippen LogP contribution is 2.25. The molecule has 0 bridgehead atoms. The van der Waals surface area contributed by atoms with Gasteiger partial charge in [0.15, 0.2) is 0 Å². The Balaban J connectivity index is 1.85. The molecule has 0 radical (unpaired) electrons. The van der Waals surface area contributed by atoms with Gasteiger partial charge in [0.2, 0.25) is 0 Å². The summed E-state index contributed by atoms with van der Waals surface area (Å²) < 4.78 is 0. The number of aromatic nitrogens is 1. The second kappa shape index (κ2) is 5.70. The molecule has 0 aliphatic rings. The number of nitrogens with two attached hydrogens (primary N) is 1. The molecule has 2 aromatic carbocycles. The maximum Gasteiger partial charge on any atom is 0.0976 e. The van der Waals surface area contributed by atoms with E-state index in [-0.39, 0.29) is 0 Å². The first-order chi connectivity index (χ1) is 10.1. The average Bonchev–Trinajstić information content (AvgIpc) is 2.92. The van der Waals surface area contributed by atoms with E-state index in [0.717, 1.165) is 28.4 Å². The number of anilines is 1. The highest BCUT2D eigenvalue weighted by Gasteiger charge is 2.07. The van der Waals surface area contributed by atoms with Crippen LogP contribution in [0.15, 0.2) is 47.8 Å². The van der Waals surface area contributed by atoms with Crippen molar-refractivity contribution in [2.75, 3.05) is 5.73 Å². The van der Waals surface area contributed by atoms with Gasteiger partial charge in [0.25, 0.3) is 0 Å². The van der Waals surface area contributed by atoms with Gasteiger partial charge in [-0.25, -0.2) is 4.98 Å². The fourth-order valence-corrected chi connectivity index (χ4v) is 3.16. The monoisotopic (exact) mass is 294 g/mol. The zero-order chi connectivity index (χ0) is 14.8. The minimum atomic E-state index is 0.782. The Hall–Kier alpha value is -2.13. The lowest BCUT2D eigenvalue weighted by atomic mass is 10.0. The van der Waals surface area contributed by atoms with Crippen LogP contribution in [0.3, 0.4) is 0 Å². The molecule has 1 aromatic heterocycles. The van der Waals surface area contributed by atoms with Crippen molar-refractivity contribution in [1.29, 1.82) is 0 Å². The quantitative estimate of drug-likeness (QED) is 0.717. The molecule has 3 aromatic rings. The van der Waals surface area contributed by atoms with Crippen molar-refractivity contribution in [2.24, 2.45) is 0 Å². The van der Waals surface area contributed by atoms with Gasteiger partial charge >= 0.3 is 0 Å². The third-order valence-electron chi connectivity index (χ3n) is 3.60. The molecule has 0 amide bonds. The van der Waals surface area contributed by atoms with Crippen LogP contribution < -0.4 is 5.73 Å². The van der Waals surface area contributed by atoms with E-state index >= 15 is 0 Å². The Kier molecular flexibility index (Phi) is 3.76. The van der Waals surface area contributed by atoms with E-state index in [2.05, 4.69) is 37.4 Å². The van der Waals surface area contributed by atoms with Gasteiger partial charge in [0.05, 0.1) is 10.7 Å². The van der Waals surface area contributed by atoms with Crippen LogP contribution >= 0.6 is 11.3 Å². The maximum atomic E-state index is 5.73. The SMILES string of the molecule is Cc1ccc(C)c(Cc2nc(-c3ccc(N)cc3)cs2)c1. The number of hydrogen-bond donors (Lipinski definition) is 1. The first kappa shape index (κ1) is 13.8. The molecule has 2 nitrogen and oxygen atoms in total. The first-order valence-electron chi connectivity index (χ1n) is 6.98. The Morgan fingerprint density at radius 3 is 2.57 bits per heavy atom. The molecular formula is C18H18N2S. The predicted octanol–water partition coefficient (Wildman–Crippen LogP) is 4.60. The van der Waals surface area contributed by atoms with Crippen LogP contribution in [0.2, 0.25) is 0 Å². The second-order valence-corrected chi connectivity index (χ2v) is 6.30. The van der Waals surface area contributed by atoms with E-state index < -0.39 is 0 Å². The van der Waals surface area contributed by atoms with Crippen LogP contribution in [0.25, 0.3) is 11.3 Å². The Morgan fingerprint density at radius 1 is 1.05 bits per heavy atom. The lowest BCUT2D eigenvalue weighted by molar-refractivity contribution is 1.11. The van der Waals surface area contributed by atoms with E-state index in [1.54, 1.807) is 11.3 Å². The zero-order valence-electron chi connectivity index (χ0n) is 12.3. The largest absolute Gasteiger partial charge is 0.399 e. The lowest BCUT2D eigenvalue weighted by Gasteiger charge is -2.05. The topological polar surface area (TPSA) is 38.9 Å². The first-order valence-corrected chi connectivity index (χ1v) is 7.86. The highest BCUT2D eigenvalue weighted by molar-refractivity contribution is 7.10. The van der Waals surface area contributed by atoms with Gasteiger partial charge in [-0.3, -0.25) is 0 Å². The average molecular weight is 294 g/mol. The second-order valence-electron chi connectivity index (χ2n) is 5.36. The third-order valence-corrected chi connectivity index (χ3v) is 4.45. The van der Waals surface area contributed by atoms with Crippen molar-refractivity contribution in [1.82, 2.24) is 4.98 Å². The number of rotatable bonds is 3. The van der Waals surface area contributed by atoms with E-state index in [4.69, 9.17) is 10.7 Å². The van der Waals surface area contributed by atoms with Crippen molar-refractivity contribution in [3.05, 3.63) is 69.5 Å². The highest BCUT2D eigenvalue weighted by atomic mass is 32.1. The van der Waals surface area contributed by atoms with Crippen LogP contribution in [-0.4, -0.2) is 4.98 Å². The number of hydrogen-bond acceptors (Lipinski definition) is 3. The molecule has 21 heavy (non-hydrogen) atoms. The smallest absolute Gasteiger partial charge is 0.0976 e. The molecule has 0 spiro atoms. The maximum absolute atomic E-state index is 5.73. The fraction of sp³-hybridized carbons (Fsp3) is 0.167. The van der Waals surface area contributed by atoms with Crippen LogP contribution in [0.4, 0.5) is 5.69 Å². The minimum absolute atomic E-state index is 0.782. The molecule has 1 heterocycles. The summed E-state index contributed by atoms with van der Waals surface area (Å²) >= 11 is 1.72. The lowest BCUT2D eigenvalue weighted by Crippen LogP contribution is -1.92. The molecule has 0 saturated heterocycles. The van der Waals surface area contributed by atoms with E-state index in [1.807, 2.05) is 24.3 Å². The normalized spacial score (nSPS) is 10.8. The van der Waals surface area contributed by atoms with Gasteiger partial charge in [-0.2, -0.15) is 0 Å². The summed E-state index contributed by atoms with van der Waals surface area (Å²) in [6.07, 6.45) is 0.896. The Bertz CT molecular complexity index is 757. The van der Waals surface area contributed by atoms with Crippen molar-refractivity contribution in [2.45, 2.75) is 20.3 Å². The molecule has 3 rings (SSSR count). The summed E-state index contributed by atoms with van der Waals surface area (Å²) in [6, 6.07) is 14.5. The zero-order valence-corrected chi connectivity index (χ0v) is 13.1. The van der Waals surface area contributed by atoms with Gasteiger partial charge in [-0.15, -0.1) is 11.3 Å². The minimum Gasteiger partial charge on any atom is -0.399 e. The number of benzene rings is 2. The van der Waals surface area contributed by atoms with E-state index in [9.17, 15) is 0 Å². The number of aryl methyl sites for hydroxylation is 2. The van der Waals surface area contributed by atoms with Crippen LogP contribution in [0.1, 0.15) is 21.7 Å². The van der Waals surface area contributed by atoms with Gasteiger partial charge in [-0.1, -0.05) is 35.9 Å². The summed E-state index contributed by atoms with van der Waals surface area (Å²) in [5, 5.41) is 3.27. The van der Waals surface area contributed by atoms with Crippen LogP contribution in [-0.2, 0) is 6.42 Å². The van der Waals surface area contributed by atoms with Gasteiger partial charge in [0.1, 0.15) is 0 Å². The molecule has 0 aliphatic carbocycles. The summed E-state index contributed by atoms with van der Waals surface area (Å²) in [7, 11) is 0. The number of nitrogen functional groups attached to an aromatic ring is 1. The van der Waals surface area contributed by atoms with E-state index in [0.29, 0.717) is 0 Å². The van der Waals surface area contributed by atoms with Crippen LogP contribution in [0.5, 0.6) is 0 Å². The van der Waals surface area contributed by atoms with Crippen molar-refractivity contribution in [3.8, 4) is 11.3 Å². The molecule has 0 fully saturated rings.